The quantitative estimate of drug-likeness (QED) is 0.430. The van der Waals surface area contributed by atoms with Crippen LogP contribution in [-0.4, -0.2) is 29.8 Å². The Kier molecular flexibility index (Phi) is 6.67. The minimum atomic E-state index is -4.75. The fourth-order valence-electron chi connectivity index (χ4n) is 3.25. The molecule has 0 amide bonds. The Bertz CT molecular complexity index is 1180. The maximum atomic E-state index is 12.3. The van der Waals surface area contributed by atoms with Crippen LogP contribution in [0.5, 0.6) is 11.5 Å². The minimum absolute atomic E-state index is 0.291. The van der Waals surface area contributed by atoms with E-state index in [9.17, 15) is 18.0 Å². The van der Waals surface area contributed by atoms with Crippen molar-refractivity contribution in [3.63, 3.8) is 0 Å². The first kappa shape index (κ1) is 23.1. The van der Waals surface area contributed by atoms with E-state index in [0.717, 1.165) is 5.56 Å². The van der Waals surface area contributed by atoms with Crippen molar-refractivity contribution in [1.29, 1.82) is 0 Å². The first-order valence-electron chi connectivity index (χ1n) is 10.3. The maximum absolute atomic E-state index is 12.3. The van der Waals surface area contributed by atoms with Crippen molar-refractivity contribution in [3.05, 3.63) is 78.0 Å². The summed E-state index contributed by atoms with van der Waals surface area (Å²) >= 11 is 0. The lowest BCUT2D eigenvalue weighted by Gasteiger charge is -2.11. The SMILES string of the molecule is CCOC(=O)c1cccc(-c2ccc(OC3=NO[C@@H](c4ccc(OC(F)(F)F)cc4)C3)cn2)c1. The number of halogens is 3. The third-order valence-electron chi connectivity index (χ3n) is 4.77. The van der Waals surface area contributed by atoms with Gasteiger partial charge in [-0.25, -0.2) is 4.79 Å². The Hall–Kier alpha value is -4.08. The van der Waals surface area contributed by atoms with Gasteiger partial charge in [-0.15, -0.1) is 13.2 Å². The number of carbonyl (C=O) groups excluding carboxylic acids is 1. The van der Waals surface area contributed by atoms with Crippen molar-refractivity contribution in [2.45, 2.75) is 25.8 Å². The number of esters is 1. The molecule has 34 heavy (non-hydrogen) atoms. The topological polar surface area (TPSA) is 79.2 Å². The first-order chi connectivity index (χ1) is 16.3. The zero-order chi connectivity index (χ0) is 24.1. The van der Waals surface area contributed by atoms with Crippen LogP contribution in [0, 0.1) is 0 Å². The monoisotopic (exact) mass is 472 g/mol. The largest absolute Gasteiger partial charge is 0.573 e. The number of alkyl halides is 3. The summed E-state index contributed by atoms with van der Waals surface area (Å²) in [6.45, 7) is 2.03. The molecule has 0 radical (unpaired) electrons. The van der Waals surface area contributed by atoms with Crippen molar-refractivity contribution < 1.29 is 37.0 Å². The molecule has 0 spiro atoms. The van der Waals surface area contributed by atoms with E-state index in [1.165, 1.54) is 30.5 Å². The highest BCUT2D eigenvalue weighted by molar-refractivity contribution is 5.90. The van der Waals surface area contributed by atoms with Crippen LogP contribution in [0.15, 0.2) is 72.0 Å². The molecule has 4 rings (SSSR count). The fourth-order valence-corrected chi connectivity index (χ4v) is 3.25. The van der Waals surface area contributed by atoms with Crippen molar-refractivity contribution in [2.24, 2.45) is 5.16 Å². The molecule has 1 aromatic heterocycles. The molecule has 0 N–H and O–H groups in total. The van der Waals surface area contributed by atoms with E-state index in [-0.39, 0.29) is 5.75 Å². The van der Waals surface area contributed by atoms with Crippen molar-refractivity contribution in [3.8, 4) is 22.8 Å². The molecule has 2 heterocycles. The Morgan fingerprint density at radius 3 is 2.53 bits per heavy atom. The second-order valence-electron chi connectivity index (χ2n) is 7.18. The number of aromatic nitrogens is 1. The summed E-state index contributed by atoms with van der Waals surface area (Å²) in [7, 11) is 0. The highest BCUT2D eigenvalue weighted by Crippen LogP contribution is 2.31. The standard InChI is InChI=1S/C24H19F3N2O5/c1-2-31-23(30)17-5-3-4-16(12-17)20-11-10-19(14-28-20)32-22-13-21(34-29-22)15-6-8-18(9-7-15)33-24(25,26)27/h3-12,14,21H,2,13H2,1H3/t21-/m1/s1. The average Bonchev–Trinajstić information content (AvgIpc) is 3.28. The molecule has 1 aliphatic heterocycles. The third kappa shape index (κ3) is 5.83. The van der Waals surface area contributed by atoms with E-state index >= 15 is 0 Å². The molecule has 0 saturated carbocycles. The number of hydrogen-bond donors (Lipinski definition) is 0. The molecule has 0 unspecified atom stereocenters. The zero-order valence-corrected chi connectivity index (χ0v) is 17.9. The van der Waals surface area contributed by atoms with Gasteiger partial charge in [-0.1, -0.05) is 29.4 Å². The van der Waals surface area contributed by atoms with Crippen LogP contribution in [0.3, 0.4) is 0 Å². The highest BCUT2D eigenvalue weighted by Gasteiger charge is 2.31. The van der Waals surface area contributed by atoms with Gasteiger partial charge in [-0.2, -0.15) is 0 Å². The van der Waals surface area contributed by atoms with Crippen molar-refractivity contribution in [2.75, 3.05) is 6.61 Å². The third-order valence-corrected chi connectivity index (χ3v) is 4.77. The van der Waals surface area contributed by atoms with Gasteiger partial charge in [0.25, 0.3) is 0 Å². The van der Waals surface area contributed by atoms with Crippen LogP contribution in [-0.2, 0) is 9.57 Å². The van der Waals surface area contributed by atoms with Crippen LogP contribution >= 0.6 is 0 Å². The Balaban J connectivity index is 1.36. The Morgan fingerprint density at radius 1 is 1.09 bits per heavy atom. The normalized spacial score (nSPS) is 15.3. The molecule has 0 bridgehead atoms. The van der Waals surface area contributed by atoms with Crippen LogP contribution in [0.2, 0.25) is 0 Å². The van der Waals surface area contributed by atoms with Crippen molar-refractivity contribution >= 4 is 11.9 Å². The second kappa shape index (κ2) is 9.82. The fraction of sp³-hybridized carbons (Fsp3) is 0.208. The molecule has 10 heteroatoms. The number of oxime groups is 1. The van der Waals surface area contributed by atoms with Gasteiger partial charge in [0.1, 0.15) is 11.5 Å². The summed E-state index contributed by atoms with van der Waals surface area (Å²) in [6.07, 6.45) is -3.43. The molecule has 0 fully saturated rings. The number of hydrogen-bond acceptors (Lipinski definition) is 7. The number of carbonyl (C=O) groups is 1. The van der Waals surface area contributed by atoms with Gasteiger partial charge in [0, 0.05) is 5.56 Å². The van der Waals surface area contributed by atoms with Crippen LogP contribution in [0.4, 0.5) is 13.2 Å². The molecular formula is C24H19F3N2O5. The van der Waals surface area contributed by atoms with Crippen LogP contribution in [0.1, 0.15) is 35.4 Å². The van der Waals surface area contributed by atoms with E-state index in [1.807, 2.05) is 6.07 Å². The lowest BCUT2D eigenvalue weighted by atomic mass is 10.1. The second-order valence-corrected chi connectivity index (χ2v) is 7.18. The molecule has 1 aliphatic rings. The molecule has 176 valence electrons. The maximum Gasteiger partial charge on any atom is 0.573 e. The number of pyridine rings is 1. The predicted octanol–water partition coefficient (Wildman–Crippen LogP) is 5.68. The minimum Gasteiger partial charge on any atom is -0.462 e. The molecular weight excluding hydrogens is 453 g/mol. The highest BCUT2D eigenvalue weighted by atomic mass is 19.4. The molecule has 1 atom stereocenters. The van der Waals surface area contributed by atoms with E-state index in [2.05, 4.69) is 14.9 Å². The zero-order valence-electron chi connectivity index (χ0n) is 17.9. The van der Waals surface area contributed by atoms with E-state index in [1.54, 1.807) is 37.3 Å². The Morgan fingerprint density at radius 2 is 1.85 bits per heavy atom. The van der Waals surface area contributed by atoms with Gasteiger partial charge in [-0.05, 0) is 48.9 Å². The molecule has 2 aromatic carbocycles. The Labute approximate surface area is 192 Å². The van der Waals surface area contributed by atoms with Gasteiger partial charge in [0.2, 0.25) is 5.90 Å². The van der Waals surface area contributed by atoms with Gasteiger partial charge in [0.05, 0.1) is 30.5 Å². The van der Waals surface area contributed by atoms with Gasteiger partial charge in [-0.3, -0.25) is 4.98 Å². The summed E-state index contributed by atoms with van der Waals surface area (Å²) in [5.74, 6) is 0.0212. The summed E-state index contributed by atoms with van der Waals surface area (Å²) in [6, 6.07) is 15.8. The summed E-state index contributed by atoms with van der Waals surface area (Å²) in [5.41, 5.74) is 2.45. The van der Waals surface area contributed by atoms with E-state index in [4.69, 9.17) is 14.3 Å². The lowest BCUT2D eigenvalue weighted by Crippen LogP contribution is -2.17. The van der Waals surface area contributed by atoms with Gasteiger partial charge < -0.3 is 19.0 Å². The van der Waals surface area contributed by atoms with Crippen molar-refractivity contribution in [1.82, 2.24) is 4.98 Å². The summed E-state index contributed by atoms with van der Waals surface area (Å²) in [5, 5.41) is 3.90. The predicted molar refractivity (Wildman–Crippen MR) is 115 cm³/mol. The summed E-state index contributed by atoms with van der Waals surface area (Å²) < 4.78 is 51.5. The van der Waals surface area contributed by atoms with Crippen LogP contribution in [0.25, 0.3) is 11.3 Å². The van der Waals surface area contributed by atoms with Gasteiger partial charge in [0.15, 0.2) is 6.10 Å². The van der Waals surface area contributed by atoms with Gasteiger partial charge >= 0.3 is 12.3 Å². The number of benzene rings is 2. The van der Waals surface area contributed by atoms with E-state index < -0.39 is 18.4 Å². The number of nitrogens with zero attached hydrogens (tertiary/aromatic N) is 2. The average molecular weight is 472 g/mol. The molecule has 0 saturated heterocycles. The summed E-state index contributed by atoms with van der Waals surface area (Å²) in [4.78, 5) is 21.7. The smallest absolute Gasteiger partial charge is 0.462 e. The number of rotatable bonds is 6. The lowest BCUT2D eigenvalue weighted by molar-refractivity contribution is -0.274. The molecule has 3 aromatic rings. The van der Waals surface area contributed by atoms with E-state index in [0.29, 0.717) is 41.5 Å². The first-order valence-corrected chi connectivity index (χ1v) is 10.3. The van der Waals surface area contributed by atoms with Crippen LogP contribution < -0.4 is 9.47 Å². The molecule has 0 aliphatic carbocycles. The molecule has 7 nitrogen and oxygen atoms in total. The number of ether oxygens (including phenoxy) is 3.